The third-order valence-electron chi connectivity index (χ3n) is 1.86. The molecule has 0 unspecified atom stereocenters. The number of nitrogens with zero attached hydrogens (tertiary/aromatic N) is 4. The van der Waals surface area contributed by atoms with Crippen LogP contribution in [0.15, 0.2) is 24.4 Å². The summed E-state index contributed by atoms with van der Waals surface area (Å²) in [7, 11) is 1.79. The molecular formula is C10H7N4. The lowest BCUT2D eigenvalue weighted by molar-refractivity contribution is 0.715. The zero-order valence-electron chi connectivity index (χ0n) is 7.60. The van der Waals surface area contributed by atoms with Crippen LogP contribution in [0.3, 0.4) is 0 Å². The first kappa shape index (κ1) is 8.45. The summed E-state index contributed by atoms with van der Waals surface area (Å²) in [6.45, 7) is 0. The molecule has 4 nitrogen and oxygen atoms in total. The first-order chi connectivity index (χ1) is 6.81. The molecule has 67 valence electrons. The number of nitriles is 1. The number of hydrogen-bond acceptors (Lipinski definition) is 3. The predicted molar refractivity (Wildman–Crippen MR) is 50.0 cm³/mol. The van der Waals surface area contributed by atoms with Crippen LogP contribution in [0.5, 0.6) is 0 Å². The second-order valence-corrected chi connectivity index (χ2v) is 2.86. The molecule has 0 fully saturated rings. The number of hydrogen-bond donors (Lipinski definition) is 0. The van der Waals surface area contributed by atoms with E-state index in [4.69, 9.17) is 5.26 Å². The largest absolute Gasteiger partial charge is 0.255 e. The molecular weight excluding hydrogens is 176 g/mol. The van der Waals surface area contributed by atoms with Gasteiger partial charge in [0.1, 0.15) is 5.69 Å². The first-order valence-electron chi connectivity index (χ1n) is 4.08. The van der Waals surface area contributed by atoms with E-state index in [1.54, 1.807) is 30.1 Å². The fourth-order valence-corrected chi connectivity index (χ4v) is 1.22. The van der Waals surface area contributed by atoms with Crippen molar-refractivity contribution >= 4 is 0 Å². The summed E-state index contributed by atoms with van der Waals surface area (Å²) in [5.41, 5.74) is 2.06. The van der Waals surface area contributed by atoms with E-state index in [1.165, 1.54) is 0 Å². The summed E-state index contributed by atoms with van der Waals surface area (Å²) < 4.78 is 1.60. The van der Waals surface area contributed by atoms with E-state index < -0.39 is 0 Å². The molecule has 0 saturated heterocycles. The molecule has 0 aliphatic heterocycles. The molecule has 4 heteroatoms. The van der Waals surface area contributed by atoms with Crippen LogP contribution < -0.4 is 0 Å². The topological polar surface area (TPSA) is 54.5 Å². The summed E-state index contributed by atoms with van der Waals surface area (Å²) in [5.74, 6) is 0. The lowest BCUT2D eigenvalue weighted by atomic mass is 10.1. The van der Waals surface area contributed by atoms with Gasteiger partial charge in [-0.2, -0.15) is 5.26 Å². The lowest BCUT2D eigenvalue weighted by Crippen LogP contribution is -1.85. The quantitative estimate of drug-likeness (QED) is 0.666. The minimum Gasteiger partial charge on any atom is -0.255 e. The molecule has 0 aliphatic carbocycles. The van der Waals surface area contributed by atoms with Crippen LogP contribution in [-0.2, 0) is 7.05 Å². The van der Waals surface area contributed by atoms with Crippen molar-refractivity contribution < 1.29 is 0 Å². The van der Waals surface area contributed by atoms with Gasteiger partial charge in [0.15, 0.2) is 0 Å². The molecule has 2 aromatic rings. The van der Waals surface area contributed by atoms with Gasteiger partial charge in [0.2, 0.25) is 0 Å². The van der Waals surface area contributed by atoms with Gasteiger partial charge in [-0.15, -0.1) is 5.10 Å². The van der Waals surface area contributed by atoms with E-state index in [9.17, 15) is 0 Å². The second-order valence-electron chi connectivity index (χ2n) is 2.86. The Balaban J connectivity index is 2.57. The highest BCUT2D eigenvalue weighted by Crippen LogP contribution is 2.19. The number of rotatable bonds is 1. The van der Waals surface area contributed by atoms with E-state index in [2.05, 4.69) is 22.4 Å². The lowest BCUT2D eigenvalue weighted by Gasteiger charge is -1.96. The number of aryl methyl sites for hydroxylation is 1. The Morgan fingerprint density at radius 3 is 3.07 bits per heavy atom. The van der Waals surface area contributed by atoms with Gasteiger partial charge in [0, 0.05) is 12.6 Å². The summed E-state index contributed by atoms with van der Waals surface area (Å²) in [5, 5.41) is 16.6. The number of aromatic nitrogens is 3. The summed E-state index contributed by atoms with van der Waals surface area (Å²) >= 11 is 0. The van der Waals surface area contributed by atoms with Crippen molar-refractivity contribution in [1.29, 1.82) is 5.26 Å². The summed E-state index contributed by atoms with van der Waals surface area (Å²) in [6.07, 6.45) is 1.77. The van der Waals surface area contributed by atoms with Crippen molar-refractivity contribution in [2.24, 2.45) is 7.05 Å². The fourth-order valence-electron chi connectivity index (χ4n) is 1.22. The van der Waals surface area contributed by atoms with E-state index >= 15 is 0 Å². The van der Waals surface area contributed by atoms with Gasteiger partial charge in [0.05, 0.1) is 17.8 Å². The monoisotopic (exact) mass is 183 g/mol. The molecule has 14 heavy (non-hydrogen) atoms. The Kier molecular flexibility index (Phi) is 1.99. The van der Waals surface area contributed by atoms with Crippen molar-refractivity contribution in [1.82, 2.24) is 15.0 Å². The first-order valence-corrected chi connectivity index (χ1v) is 4.08. The van der Waals surface area contributed by atoms with Gasteiger partial charge in [-0.1, -0.05) is 17.3 Å². The molecule has 1 heterocycles. The molecule has 0 saturated carbocycles. The fraction of sp³-hybridized carbons (Fsp3) is 0.100. The maximum Gasteiger partial charge on any atom is 0.114 e. The molecule has 0 aliphatic rings. The van der Waals surface area contributed by atoms with Crippen LogP contribution in [0.25, 0.3) is 11.3 Å². The highest BCUT2D eigenvalue weighted by Gasteiger charge is 2.06. The van der Waals surface area contributed by atoms with Gasteiger partial charge in [-0.05, 0) is 12.1 Å². The predicted octanol–water partition coefficient (Wildman–Crippen LogP) is 1.15. The summed E-state index contributed by atoms with van der Waals surface area (Å²) in [6, 6.07) is 10.2. The molecule has 1 aromatic heterocycles. The third-order valence-corrected chi connectivity index (χ3v) is 1.86. The molecule has 1 aromatic carbocycles. The van der Waals surface area contributed by atoms with Crippen molar-refractivity contribution in [3.63, 3.8) is 0 Å². The molecule has 0 N–H and O–H groups in total. The van der Waals surface area contributed by atoms with Gasteiger partial charge in [0.25, 0.3) is 0 Å². The van der Waals surface area contributed by atoms with E-state index in [0.29, 0.717) is 11.3 Å². The average Bonchev–Trinajstić information content (AvgIpc) is 2.65. The van der Waals surface area contributed by atoms with Crippen LogP contribution in [0.4, 0.5) is 0 Å². The zero-order chi connectivity index (χ0) is 9.97. The highest BCUT2D eigenvalue weighted by atomic mass is 15.4. The maximum absolute atomic E-state index is 8.86. The van der Waals surface area contributed by atoms with Crippen LogP contribution in [0.2, 0.25) is 0 Å². The van der Waals surface area contributed by atoms with E-state index in [1.807, 2.05) is 6.07 Å². The third kappa shape index (κ3) is 1.36. The zero-order valence-corrected chi connectivity index (χ0v) is 7.60. The average molecular weight is 183 g/mol. The Labute approximate surface area is 81.4 Å². The Morgan fingerprint density at radius 1 is 1.57 bits per heavy atom. The standard InChI is InChI=1S/C10H7N4/c1-14-7-10(12-13-14)9-5-3-2-4-8(9)6-11/h3-5,7H,1H3. The van der Waals surface area contributed by atoms with Crippen molar-refractivity contribution in [3.05, 3.63) is 36.0 Å². The van der Waals surface area contributed by atoms with Crippen molar-refractivity contribution in [2.45, 2.75) is 0 Å². The molecule has 1 radical (unpaired) electrons. The maximum atomic E-state index is 8.86. The highest BCUT2D eigenvalue weighted by molar-refractivity contribution is 5.65. The van der Waals surface area contributed by atoms with E-state index in [-0.39, 0.29) is 0 Å². The molecule has 2 rings (SSSR count). The van der Waals surface area contributed by atoms with Gasteiger partial charge in [-0.25, -0.2) is 0 Å². The van der Waals surface area contributed by atoms with Crippen LogP contribution >= 0.6 is 0 Å². The van der Waals surface area contributed by atoms with Crippen molar-refractivity contribution in [2.75, 3.05) is 0 Å². The van der Waals surface area contributed by atoms with Gasteiger partial charge >= 0.3 is 0 Å². The van der Waals surface area contributed by atoms with Crippen LogP contribution in [0.1, 0.15) is 5.56 Å². The summed E-state index contributed by atoms with van der Waals surface area (Å²) in [4.78, 5) is 0. The van der Waals surface area contributed by atoms with Gasteiger partial charge in [-0.3, -0.25) is 4.68 Å². The van der Waals surface area contributed by atoms with Crippen molar-refractivity contribution in [3.8, 4) is 17.3 Å². The normalized spacial score (nSPS) is 9.71. The SMILES string of the molecule is Cn1cc(-c2cc[c]cc2C#N)nn1. The van der Waals surface area contributed by atoms with Gasteiger partial charge < -0.3 is 0 Å². The Hall–Kier alpha value is -2.15. The molecule has 0 spiro atoms. The smallest absolute Gasteiger partial charge is 0.114 e. The minimum absolute atomic E-state index is 0.563. The van der Waals surface area contributed by atoms with E-state index in [0.717, 1.165) is 5.56 Å². The molecule has 0 bridgehead atoms. The van der Waals surface area contributed by atoms with Crippen LogP contribution in [0, 0.1) is 17.4 Å². The second kappa shape index (κ2) is 3.30. The molecule has 0 amide bonds. The Morgan fingerprint density at radius 2 is 2.43 bits per heavy atom. The minimum atomic E-state index is 0.563. The Bertz CT molecular complexity index is 493. The number of benzene rings is 1. The molecule has 0 atom stereocenters. The van der Waals surface area contributed by atoms with Crippen LogP contribution in [-0.4, -0.2) is 15.0 Å².